The highest BCUT2D eigenvalue weighted by Crippen LogP contribution is 2.19. The van der Waals surface area contributed by atoms with Crippen LogP contribution in [0.5, 0.6) is 0 Å². The molecule has 0 unspecified atom stereocenters. The quantitative estimate of drug-likeness (QED) is 0.812. The van der Waals surface area contributed by atoms with Gasteiger partial charge in [-0.25, -0.2) is 4.39 Å². The number of aryl methyl sites for hydroxylation is 1. The lowest BCUT2D eigenvalue weighted by Gasteiger charge is -2.08. The van der Waals surface area contributed by atoms with Crippen molar-refractivity contribution in [2.45, 2.75) is 13.8 Å². The number of nitrogen functional groups attached to an aromatic ring is 1. The number of hydrogen-bond acceptors (Lipinski definition) is 2. The van der Waals surface area contributed by atoms with Crippen LogP contribution < -0.4 is 11.1 Å². The van der Waals surface area contributed by atoms with Gasteiger partial charge in [0.2, 0.25) is 0 Å². The fourth-order valence-electron chi connectivity index (χ4n) is 1.67. The van der Waals surface area contributed by atoms with Gasteiger partial charge < -0.3 is 11.1 Å². The Morgan fingerprint density at radius 2 is 1.79 bits per heavy atom. The Balaban J connectivity index is 2.23. The summed E-state index contributed by atoms with van der Waals surface area (Å²) >= 11 is 0. The van der Waals surface area contributed by atoms with E-state index < -0.39 is 5.82 Å². The first-order chi connectivity index (χ1) is 8.97. The molecule has 0 heterocycles. The molecule has 0 radical (unpaired) electrons. The van der Waals surface area contributed by atoms with Crippen LogP contribution in [0.4, 0.5) is 15.8 Å². The van der Waals surface area contributed by atoms with Crippen LogP contribution in [-0.2, 0) is 0 Å². The van der Waals surface area contributed by atoms with Crippen molar-refractivity contribution in [1.29, 1.82) is 0 Å². The number of amides is 1. The number of halogens is 1. The summed E-state index contributed by atoms with van der Waals surface area (Å²) in [7, 11) is 0. The average molecular weight is 258 g/mol. The van der Waals surface area contributed by atoms with Gasteiger partial charge in [-0.3, -0.25) is 4.79 Å². The summed E-state index contributed by atoms with van der Waals surface area (Å²) in [5.74, 6) is -0.858. The number of rotatable bonds is 2. The van der Waals surface area contributed by atoms with Crippen LogP contribution in [0.25, 0.3) is 0 Å². The molecule has 0 saturated heterocycles. The van der Waals surface area contributed by atoms with E-state index >= 15 is 0 Å². The number of benzene rings is 2. The third-order valence-electron chi connectivity index (χ3n) is 2.96. The zero-order chi connectivity index (χ0) is 14.0. The molecule has 2 aromatic rings. The fourth-order valence-corrected chi connectivity index (χ4v) is 1.67. The number of nitrogens with two attached hydrogens (primary N) is 1. The Bertz CT molecular complexity index is 598. The molecule has 3 nitrogen and oxygen atoms in total. The molecule has 1 amide bonds. The second kappa shape index (κ2) is 5.10. The lowest BCUT2D eigenvalue weighted by atomic mass is 10.1. The van der Waals surface area contributed by atoms with Gasteiger partial charge in [0.05, 0.1) is 0 Å². The van der Waals surface area contributed by atoms with Gasteiger partial charge in [-0.05, 0) is 38.1 Å². The number of carbonyl (C=O) groups excluding carboxylic acids is 1. The van der Waals surface area contributed by atoms with E-state index in [1.165, 1.54) is 12.1 Å². The van der Waals surface area contributed by atoms with E-state index in [0.717, 1.165) is 5.56 Å². The molecule has 19 heavy (non-hydrogen) atoms. The van der Waals surface area contributed by atoms with Crippen LogP contribution in [0, 0.1) is 19.7 Å². The van der Waals surface area contributed by atoms with Crippen LogP contribution in [0.1, 0.15) is 21.5 Å². The van der Waals surface area contributed by atoms with Crippen LogP contribution in [0.15, 0.2) is 36.4 Å². The van der Waals surface area contributed by atoms with Crippen molar-refractivity contribution >= 4 is 17.3 Å². The van der Waals surface area contributed by atoms with E-state index in [1.54, 1.807) is 19.1 Å². The van der Waals surface area contributed by atoms with E-state index in [-0.39, 0.29) is 17.2 Å². The molecular weight excluding hydrogens is 243 g/mol. The van der Waals surface area contributed by atoms with Crippen molar-refractivity contribution in [1.82, 2.24) is 0 Å². The highest BCUT2D eigenvalue weighted by atomic mass is 19.1. The second-order valence-corrected chi connectivity index (χ2v) is 4.49. The van der Waals surface area contributed by atoms with Gasteiger partial charge in [0, 0.05) is 22.5 Å². The number of nitrogens with one attached hydrogen (secondary N) is 1. The molecular formula is C15H15FN2O. The average Bonchev–Trinajstić information content (AvgIpc) is 2.38. The monoisotopic (exact) mass is 258 g/mol. The third-order valence-corrected chi connectivity index (χ3v) is 2.96. The maximum Gasteiger partial charge on any atom is 0.255 e. The van der Waals surface area contributed by atoms with E-state index in [4.69, 9.17) is 5.73 Å². The maximum absolute atomic E-state index is 13.5. The summed E-state index contributed by atoms with van der Waals surface area (Å²) in [4.78, 5) is 12.0. The Morgan fingerprint density at radius 1 is 1.16 bits per heavy atom. The fraction of sp³-hybridized carbons (Fsp3) is 0.133. The van der Waals surface area contributed by atoms with Crippen LogP contribution >= 0.6 is 0 Å². The number of carbonyl (C=O) groups is 1. The van der Waals surface area contributed by atoms with Gasteiger partial charge in [-0.15, -0.1) is 0 Å². The summed E-state index contributed by atoms with van der Waals surface area (Å²) in [6.45, 7) is 3.54. The smallest absolute Gasteiger partial charge is 0.255 e. The predicted octanol–water partition coefficient (Wildman–Crippen LogP) is 3.28. The normalized spacial score (nSPS) is 10.3. The van der Waals surface area contributed by atoms with Crippen molar-refractivity contribution in [2.24, 2.45) is 0 Å². The van der Waals surface area contributed by atoms with Crippen molar-refractivity contribution in [3.05, 3.63) is 58.9 Å². The molecule has 2 aromatic carbocycles. The first kappa shape index (κ1) is 13.1. The highest BCUT2D eigenvalue weighted by molar-refractivity contribution is 6.04. The predicted molar refractivity (Wildman–Crippen MR) is 74.7 cm³/mol. The Labute approximate surface area is 111 Å². The van der Waals surface area contributed by atoms with Crippen LogP contribution in [0.2, 0.25) is 0 Å². The molecule has 98 valence electrons. The van der Waals surface area contributed by atoms with Gasteiger partial charge in [-0.1, -0.05) is 17.7 Å². The highest BCUT2D eigenvalue weighted by Gasteiger charge is 2.11. The molecule has 0 aliphatic carbocycles. The standard InChI is InChI=1S/C15H15FN2O/c1-9-3-5-12(6-4-9)18-15(19)11-7-13(16)10(2)14(17)8-11/h3-8H,17H2,1-2H3,(H,18,19). The SMILES string of the molecule is Cc1ccc(NC(=O)c2cc(N)c(C)c(F)c2)cc1. The lowest BCUT2D eigenvalue weighted by Crippen LogP contribution is -2.13. The van der Waals surface area contributed by atoms with Crippen molar-refractivity contribution in [2.75, 3.05) is 11.1 Å². The minimum absolute atomic E-state index is 0.209. The molecule has 0 aliphatic heterocycles. The Hall–Kier alpha value is -2.36. The van der Waals surface area contributed by atoms with Crippen molar-refractivity contribution in [3.63, 3.8) is 0 Å². The van der Waals surface area contributed by atoms with E-state index in [2.05, 4.69) is 5.32 Å². The van der Waals surface area contributed by atoms with Gasteiger partial charge in [0.15, 0.2) is 0 Å². The summed E-state index contributed by atoms with van der Waals surface area (Å²) in [5, 5.41) is 2.70. The van der Waals surface area contributed by atoms with Crippen LogP contribution in [-0.4, -0.2) is 5.91 Å². The molecule has 3 N–H and O–H groups in total. The first-order valence-corrected chi connectivity index (χ1v) is 5.91. The molecule has 0 aliphatic rings. The minimum atomic E-state index is -0.478. The number of anilines is 2. The largest absolute Gasteiger partial charge is 0.398 e. The zero-order valence-electron chi connectivity index (χ0n) is 10.8. The van der Waals surface area contributed by atoms with Crippen molar-refractivity contribution in [3.8, 4) is 0 Å². The third kappa shape index (κ3) is 2.91. The molecule has 0 atom stereocenters. The summed E-state index contributed by atoms with van der Waals surface area (Å²) in [6.07, 6.45) is 0. The van der Waals surface area contributed by atoms with Crippen LogP contribution in [0.3, 0.4) is 0 Å². The van der Waals surface area contributed by atoms with Gasteiger partial charge >= 0.3 is 0 Å². The van der Waals surface area contributed by atoms with Crippen molar-refractivity contribution < 1.29 is 9.18 Å². The topological polar surface area (TPSA) is 55.1 Å². The maximum atomic E-state index is 13.5. The minimum Gasteiger partial charge on any atom is -0.398 e. The van der Waals surface area contributed by atoms with Gasteiger partial charge in [0.25, 0.3) is 5.91 Å². The second-order valence-electron chi connectivity index (χ2n) is 4.49. The van der Waals surface area contributed by atoms with Gasteiger partial charge in [-0.2, -0.15) is 0 Å². The summed E-state index contributed by atoms with van der Waals surface area (Å²) in [5.41, 5.74) is 8.25. The van der Waals surface area contributed by atoms with E-state index in [0.29, 0.717) is 11.3 Å². The molecule has 0 bridgehead atoms. The number of hydrogen-bond donors (Lipinski definition) is 2. The summed E-state index contributed by atoms with van der Waals surface area (Å²) < 4.78 is 13.5. The lowest BCUT2D eigenvalue weighted by molar-refractivity contribution is 0.102. The molecule has 0 spiro atoms. The summed E-state index contributed by atoms with van der Waals surface area (Å²) in [6, 6.07) is 10.0. The molecule has 0 fully saturated rings. The molecule has 0 saturated carbocycles. The van der Waals surface area contributed by atoms with E-state index in [9.17, 15) is 9.18 Å². The Morgan fingerprint density at radius 3 is 2.37 bits per heavy atom. The molecule has 2 rings (SSSR count). The Kier molecular flexibility index (Phi) is 3.51. The molecule has 4 heteroatoms. The molecule has 0 aromatic heterocycles. The van der Waals surface area contributed by atoms with E-state index in [1.807, 2.05) is 19.1 Å². The first-order valence-electron chi connectivity index (χ1n) is 5.91. The van der Waals surface area contributed by atoms with Gasteiger partial charge in [0.1, 0.15) is 5.82 Å². The zero-order valence-corrected chi connectivity index (χ0v) is 10.8.